The summed E-state index contributed by atoms with van der Waals surface area (Å²) in [5.41, 5.74) is 2.14. The molecule has 0 saturated carbocycles. The van der Waals surface area contributed by atoms with Gasteiger partial charge in [-0.2, -0.15) is 4.98 Å². The number of benzene rings is 2. The zero-order valence-corrected chi connectivity index (χ0v) is 17.0. The van der Waals surface area contributed by atoms with Gasteiger partial charge in [0.25, 0.3) is 0 Å². The van der Waals surface area contributed by atoms with Gasteiger partial charge < -0.3 is 24.8 Å². The largest absolute Gasteiger partial charge is 0.493 e. The fourth-order valence-electron chi connectivity index (χ4n) is 2.96. The molecule has 0 unspecified atom stereocenters. The van der Waals surface area contributed by atoms with Crippen molar-refractivity contribution in [1.82, 2.24) is 9.97 Å². The number of rotatable bonds is 7. The van der Waals surface area contributed by atoms with Crippen molar-refractivity contribution in [1.29, 1.82) is 0 Å². The van der Waals surface area contributed by atoms with Gasteiger partial charge >= 0.3 is 0 Å². The van der Waals surface area contributed by atoms with Crippen LogP contribution in [0.15, 0.2) is 42.7 Å². The molecule has 156 valence electrons. The molecule has 0 saturated heterocycles. The van der Waals surface area contributed by atoms with E-state index in [0.717, 1.165) is 12.0 Å². The van der Waals surface area contributed by atoms with Gasteiger partial charge in [-0.15, -0.1) is 0 Å². The Labute approximate surface area is 178 Å². The van der Waals surface area contributed by atoms with E-state index >= 15 is 0 Å². The molecule has 1 aliphatic heterocycles. The molecule has 0 amide bonds. The highest BCUT2D eigenvalue weighted by Crippen LogP contribution is 2.39. The third kappa shape index (κ3) is 4.55. The molecule has 0 bridgehead atoms. The minimum atomic E-state index is -0.485. The Kier molecular flexibility index (Phi) is 6.15. The van der Waals surface area contributed by atoms with Crippen molar-refractivity contribution in [2.45, 2.75) is 13.0 Å². The zero-order valence-electron chi connectivity index (χ0n) is 16.2. The molecule has 2 aromatic carbocycles. The molecule has 1 aromatic heterocycles. The Morgan fingerprint density at radius 2 is 2.10 bits per heavy atom. The summed E-state index contributed by atoms with van der Waals surface area (Å²) in [7, 11) is 1.66. The van der Waals surface area contributed by atoms with Gasteiger partial charge in [-0.3, -0.25) is 0 Å². The quantitative estimate of drug-likeness (QED) is 0.502. The lowest BCUT2D eigenvalue weighted by molar-refractivity contribution is 0.172. The molecule has 0 spiro atoms. The maximum atomic E-state index is 13.4. The van der Waals surface area contributed by atoms with Crippen LogP contribution in [0.1, 0.15) is 12.0 Å². The highest BCUT2D eigenvalue weighted by atomic mass is 35.5. The van der Waals surface area contributed by atoms with E-state index in [1.807, 2.05) is 18.2 Å². The number of nitrogens with zero attached hydrogens (tertiary/aromatic N) is 2. The molecule has 2 N–H and O–H groups in total. The van der Waals surface area contributed by atoms with E-state index in [-0.39, 0.29) is 5.02 Å². The van der Waals surface area contributed by atoms with Gasteiger partial charge in [-0.25, -0.2) is 9.37 Å². The maximum Gasteiger partial charge on any atom is 0.248 e. The van der Waals surface area contributed by atoms with Crippen molar-refractivity contribution in [3.63, 3.8) is 0 Å². The summed E-state index contributed by atoms with van der Waals surface area (Å²) in [5, 5.41) is 6.45. The molecule has 1 aliphatic rings. The Bertz CT molecular complexity index is 1050. The molecule has 2 heterocycles. The van der Waals surface area contributed by atoms with Crippen LogP contribution in [0, 0.1) is 5.82 Å². The topological polar surface area (TPSA) is 77.5 Å². The number of ether oxygens (including phenoxy) is 3. The minimum Gasteiger partial charge on any atom is -0.493 e. The lowest BCUT2D eigenvalue weighted by atomic mass is 10.2. The molecular formula is C21H20ClFN4O3. The number of fused-ring (bicyclic) bond motifs is 2. The molecule has 0 aliphatic carbocycles. The van der Waals surface area contributed by atoms with Crippen molar-refractivity contribution in [3.8, 4) is 17.4 Å². The van der Waals surface area contributed by atoms with Crippen molar-refractivity contribution in [2.24, 2.45) is 0 Å². The SMILES string of the molecule is COCCCOc1ccc2c(c1)Oc1ncnc(Nc3ccc(F)c(Cl)c3)c1NC2. The van der Waals surface area contributed by atoms with Crippen LogP contribution in [0.3, 0.4) is 0 Å². The van der Waals surface area contributed by atoms with Crippen LogP contribution in [-0.4, -0.2) is 30.3 Å². The van der Waals surface area contributed by atoms with Gasteiger partial charge in [0.05, 0.1) is 11.6 Å². The molecule has 30 heavy (non-hydrogen) atoms. The van der Waals surface area contributed by atoms with E-state index in [0.29, 0.717) is 54.3 Å². The first-order valence-electron chi connectivity index (χ1n) is 9.37. The number of anilines is 3. The van der Waals surface area contributed by atoms with E-state index in [9.17, 15) is 4.39 Å². The first kappa shape index (κ1) is 20.2. The first-order valence-corrected chi connectivity index (χ1v) is 9.75. The Morgan fingerprint density at radius 3 is 2.93 bits per heavy atom. The van der Waals surface area contributed by atoms with Crippen LogP contribution in [0.5, 0.6) is 17.4 Å². The lowest BCUT2D eigenvalue weighted by Crippen LogP contribution is -2.04. The second-order valence-electron chi connectivity index (χ2n) is 6.58. The van der Waals surface area contributed by atoms with E-state index < -0.39 is 5.82 Å². The molecule has 7 nitrogen and oxygen atoms in total. The van der Waals surface area contributed by atoms with Crippen molar-refractivity contribution in [3.05, 3.63) is 59.1 Å². The van der Waals surface area contributed by atoms with Crippen molar-refractivity contribution < 1.29 is 18.6 Å². The monoisotopic (exact) mass is 430 g/mol. The molecule has 4 rings (SSSR count). The summed E-state index contributed by atoms with van der Waals surface area (Å²) in [5.74, 6) is 1.74. The lowest BCUT2D eigenvalue weighted by Gasteiger charge is -2.13. The zero-order chi connectivity index (χ0) is 20.9. The fourth-order valence-corrected chi connectivity index (χ4v) is 3.14. The molecule has 0 radical (unpaired) electrons. The average molecular weight is 431 g/mol. The summed E-state index contributed by atoms with van der Waals surface area (Å²) < 4.78 is 30.3. The van der Waals surface area contributed by atoms with Gasteiger partial charge in [0, 0.05) is 44.0 Å². The summed E-state index contributed by atoms with van der Waals surface area (Å²) in [4.78, 5) is 8.53. The van der Waals surface area contributed by atoms with Crippen molar-refractivity contribution in [2.75, 3.05) is 31.0 Å². The molecule has 3 aromatic rings. The summed E-state index contributed by atoms with van der Waals surface area (Å²) >= 11 is 5.87. The number of halogens is 2. The molecule has 0 fully saturated rings. The Morgan fingerprint density at radius 1 is 1.20 bits per heavy atom. The van der Waals surface area contributed by atoms with Crippen LogP contribution in [0.25, 0.3) is 0 Å². The van der Waals surface area contributed by atoms with E-state index in [4.69, 9.17) is 25.8 Å². The number of methoxy groups -OCH3 is 1. The van der Waals surface area contributed by atoms with Gasteiger partial charge in [0.1, 0.15) is 29.3 Å². The van der Waals surface area contributed by atoms with Gasteiger partial charge in [-0.05, 0) is 30.3 Å². The van der Waals surface area contributed by atoms with Crippen LogP contribution < -0.4 is 20.1 Å². The molecule has 0 atom stereocenters. The van der Waals surface area contributed by atoms with Gasteiger partial charge in [0.2, 0.25) is 5.88 Å². The van der Waals surface area contributed by atoms with Crippen LogP contribution >= 0.6 is 11.6 Å². The number of nitrogens with one attached hydrogen (secondary N) is 2. The summed E-state index contributed by atoms with van der Waals surface area (Å²) in [6.45, 7) is 1.71. The molecule has 9 heteroatoms. The second-order valence-corrected chi connectivity index (χ2v) is 6.98. The average Bonchev–Trinajstić information content (AvgIpc) is 2.93. The number of aromatic nitrogens is 2. The summed E-state index contributed by atoms with van der Waals surface area (Å²) in [6.07, 6.45) is 2.19. The van der Waals surface area contributed by atoms with Crippen LogP contribution in [0.4, 0.5) is 21.6 Å². The predicted octanol–water partition coefficient (Wildman–Crippen LogP) is 5.15. The standard InChI is InChI=1S/C21H20ClFN4O3/c1-28-7-2-8-29-15-5-3-13-11-24-19-20(25-12-26-21(19)30-18(13)10-15)27-14-4-6-17(23)16(22)9-14/h3-6,9-10,12,24H,2,7-8,11H2,1H3,(H,25,26,27). The van der Waals surface area contributed by atoms with Crippen LogP contribution in [-0.2, 0) is 11.3 Å². The normalized spacial score (nSPS) is 12.1. The number of hydrogen-bond donors (Lipinski definition) is 2. The maximum absolute atomic E-state index is 13.4. The third-order valence-electron chi connectivity index (χ3n) is 4.46. The second kappa shape index (κ2) is 9.15. The van der Waals surface area contributed by atoms with Gasteiger partial charge in [-0.1, -0.05) is 11.6 Å². The van der Waals surface area contributed by atoms with Crippen molar-refractivity contribution >= 4 is 28.8 Å². The first-order chi connectivity index (χ1) is 14.6. The van der Waals surface area contributed by atoms with Gasteiger partial charge in [0.15, 0.2) is 5.82 Å². The summed E-state index contributed by atoms with van der Waals surface area (Å²) in [6, 6.07) is 10.0. The predicted molar refractivity (Wildman–Crippen MR) is 113 cm³/mol. The highest BCUT2D eigenvalue weighted by molar-refractivity contribution is 6.31. The Hall–Kier alpha value is -3.10. The van der Waals surface area contributed by atoms with E-state index in [1.54, 1.807) is 13.2 Å². The third-order valence-corrected chi connectivity index (χ3v) is 4.75. The smallest absolute Gasteiger partial charge is 0.248 e. The van der Waals surface area contributed by atoms with E-state index in [1.165, 1.54) is 18.5 Å². The van der Waals surface area contributed by atoms with E-state index in [2.05, 4.69) is 20.6 Å². The highest BCUT2D eigenvalue weighted by Gasteiger charge is 2.20. The van der Waals surface area contributed by atoms with Crippen LogP contribution in [0.2, 0.25) is 5.02 Å². The molecular weight excluding hydrogens is 411 g/mol. The minimum absolute atomic E-state index is 0.0230. The number of hydrogen-bond acceptors (Lipinski definition) is 7. The Balaban J connectivity index is 1.55. The fraction of sp³-hybridized carbons (Fsp3) is 0.238.